The SMILES string of the molecule is Cc1cc(C(=O)N[C@@H](C)CC2CCC3(CC2)OC(=O)NN=C3c2cccc(C#N)c2Br)n[nH]1. The van der Waals surface area contributed by atoms with Gasteiger partial charge in [0.15, 0.2) is 5.60 Å². The number of aromatic nitrogens is 2. The van der Waals surface area contributed by atoms with Crippen LogP contribution in [0.5, 0.6) is 0 Å². The van der Waals surface area contributed by atoms with Crippen LogP contribution in [0.1, 0.15) is 66.3 Å². The van der Waals surface area contributed by atoms with Crippen molar-refractivity contribution in [3.05, 3.63) is 51.3 Å². The lowest BCUT2D eigenvalue weighted by Gasteiger charge is -2.42. The van der Waals surface area contributed by atoms with Crippen LogP contribution in [-0.4, -0.2) is 39.6 Å². The fourth-order valence-electron chi connectivity index (χ4n) is 4.67. The van der Waals surface area contributed by atoms with Gasteiger partial charge in [0.1, 0.15) is 17.5 Å². The van der Waals surface area contributed by atoms with Crippen LogP contribution in [0, 0.1) is 24.2 Å². The lowest BCUT2D eigenvalue weighted by atomic mass is 9.72. The maximum atomic E-state index is 12.4. The van der Waals surface area contributed by atoms with Gasteiger partial charge in [-0.1, -0.05) is 12.1 Å². The number of carbonyl (C=O) groups is 2. The second kappa shape index (κ2) is 9.35. The molecule has 2 aromatic rings. The molecule has 1 aliphatic heterocycles. The molecule has 1 atom stereocenters. The zero-order chi connectivity index (χ0) is 23.6. The summed E-state index contributed by atoms with van der Waals surface area (Å²) in [6.45, 7) is 3.84. The number of halogens is 1. The first-order valence-electron chi connectivity index (χ1n) is 10.9. The molecule has 0 saturated heterocycles. The molecule has 0 radical (unpaired) electrons. The Morgan fingerprint density at radius 2 is 2.18 bits per heavy atom. The van der Waals surface area contributed by atoms with E-state index in [1.807, 2.05) is 19.9 Å². The molecule has 4 rings (SSSR count). The summed E-state index contributed by atoms with van der Waals surface area (Å²) in [6, 6.07) is 9.25. The fraction of sp³-hybridized carbons (Fsp3) is 0.435. The average Bonchev–Trinajstić information content (AvgIpc) is 3.23. The van der Waals surface area contributed by atoms with Gasteiger partial charge < -0.3 is 10.1 Å². The summed E-state index contributed by atoms with van der Waals surface area (Å²) < 4.78 is 6.46. The van der Waals surface area contributed by atoms with Crippen LogP contribution >= 0.6 is 15.9 Å². The van der Waals surface area contributed by atoms with Crippen molar-refractivity contribution in [3.63, 3.8) is 0 Å². The van der Waals surface area contributed by atoms with Crippen molar-refractivity contribution >= 4 is 33.6 Å². The van der Waals surface area contributed by atoms with E-state index in [9.17, 15) is 14.9 Å². The van der Waals surface area contributed by atoms with Crippen molar-refractivity contribution in [1.82, 2.24) is 20.9 Å². The van der Waals surface area contributed by atoms with Crippen molar-refractivity contribution < 1.29 is 14.3 Å². The summed E-state index contributed by atoms with van der Waals surface area (Å²) >= 11 is 3.51. The molecule has 3 N–H and O–H groups in total. The van der Waals surface area contributed by atoms with Gasteiger partial charge >= 0.3 is 6.09 Å². The number of nitrogens with one attached hydrogen (secondary N) is 3. The Labute approximate surface area is 200 Å². The summed E-state index contributed by atoms with van der Waals surface area (Å²) in [5, 5.41) is 23.5. The van der Waals surface area contributed by atoms with Crippen molar-refractivity contribution in [2.75, 3.05) is 0 Å². The van der Waals surface area contributed by atoms with Crippen LogP contribution in [-0.2, 0) is 4.74 Å². The number of hydrogen-bond donors (Lipinski definition) is 3. The second-order valence-electron chi connectivity index (χ2n) is 8.72. The van der Waals surface area contributed by atoms with Crippen molar-refractivity contribution in [1.29, 1.82) is 5.26 Å². The van der Waals surface area contributed by atoms with Crippen LogP contribution in [0.25, 0.3) is 0 Å². The lowest BCUT2D eigenvalue weighted by Crippen LogP contribution is -2.52. The highest BCUT2D eigenvalue weighted by atomic mass is 79.9. The molecule has 33 heavy (non-hydrogen) atoms. The zero-order valence-electron chi connectivity index (χ0n) is 18.4. The van der Waals surface area contributed by atoms with E-state index in [0.717, 1.165) is 30.5 Å². The first-order chi connectivity index (χ1) is 15.8. The minimum atomic E-state index is -0.839. The highest BCUT2D eigenvalue weighted by Crippen LogP contribution is 2.41. The predicted molar refractivity (Wildman–Crippen MR) is 125 cm³/mol. The molecule has 2 aliphatic rings. The monoisotopic (exact) mass is 512 g/mol. The first-order valence-corrected chi connectivity index (χ1v) is 11.7. The largest absolute Gasteiger partial charge is 0.435 e. The summed E-state index contributed by atoms with van der Waals surface area (Å²) in [7, 11) is 0. The van der Waals surface area contributed by atoms with Crippen LogP contribution in [0.15, 0.2) is 33.8 Å². The predicted octanol–water partition coefficient (Wildman–Crippen LogP) is 3.93. The Bertz CT molecular complexity index is 1140. The maximum absolute atomic E-state index is 12.4. The molecular formula is C23H25BrN6O3. The molecule has 10 heteroatoms. The van der Waals surface area contributed by atoms with E-state index in [4.69, 9.17) is 4.74 Å². The van der Waals surface area contributed by atoms with E-state index < -0.39 is 11.7 Å². The number of amides is 2. The van der Waals surface area contributed by atoms with Gasteiger partial charge in [0.25, 0.3) is 5.91 Å². The molecule has 1 saturated carbocycles. The van der Waals surface area contributed by atoms with E-state index in [-0.39, 0.29) is 11.9 Å². The molecule has 9 nitrogen and oxygen atoms in total. The Hall–Kier alpha value is -3.19. The molecule has 0 unspecified atom stereocenters. The number of aromatic amines is 1. The number of H-pyrrole nitrogens is 1. The molecular weight excluding hydrogens is 488 g/mol. The number of ether oxygens (including phenoxy) is 1. The van der Waals surface area contributed by atoms with Crippen LogP contribution in [0.2, 0.25) is 0 Å². The maximum Gasteiger partial charge on any atom is 0.428 e. The van der Waals surface area contributed by atoms with E-state index in [1.54, 1.807) is 18.2 Å². The van der Waals surface area contributed by atoms with E-state index in [2.05, 4.69) is 48.0 Å². The van der Waals surface area contributed by atoms with Crippen molar-refractivity contribution in [2.24, 2.45) is 11.0 Å². The molecule has 172 valence electrons. The van der Waals surface area contributed by atoms with Crippen LogP contribution in [0.3, 0.4) is 0 Å². The summed E-state index contributed by atoms with van der Waals surface area (Å²) in [5.41, 5.74) is 4.66. The summed E-state index contributed by atoms with van der Waals surface area (Å²) in [5.74, 6) is 0.179. The highest BCUT2D eigenvalue weighted by Gasteiger charge is 2.47. The number of nitrogens with zero attached hydrogens (tertiary/aromatic N) is 3. The van der Waals surface area contributed by atoms with Crippen LogP contribution < -0.4 is 10.7 Å². The van der Waals surface area contributed by atoms with Gasteiger partial charge in [-0.2, -0.15) is 15.5 Å². The number of rotatable bonds is 5. The topological polar surface area (TPSA) is 132 Å². The number of aryl methyl sites for hydroxylation is 1. The highest BCUT2D eigenvalue weighted by molar-refractivity contribution is 9.10. The summed E-state index contributed by atoms with van der Waals surface area (Å²) in [6.07, 6.45) is 3.13. The smallest absolute Gasteiger partial charge is 0.428 e. The quantitative estimate of drug-likeness (QED) is 0.557. The van der Waals surface area contributed by atoms with Gasteiger partial charge in [-0.05, 0) is 79.9 Å². The summed E-state index contributed by atoms with van der Waals surface area (Å²) in [4.78, 5) is 24.4. The number of hydrazone groups is 1. The first kappa shape index (κ1) is 23.0. The minimum Gasteiger partial charge on any atom is -0.435 e. The molecule has 2 heterocycles. The molecule has 0 bridgehead atoms. The number of nitriles is 1. The standard InChI is InChI=1S/C23H25BrN6O3/c1-13(26-21(31)18-11-14(2)27-28-18)10-15-6-8-23(9-7-15)20(29-30-22(32)33-23)17-5-3-4-16(12-25)19(17)24/h3-5,11,13,15H,6-10H2,1-2H3,(H,26,31)(H,27,28)(H,30,32)/t13-,15?,23?/m0/s1. The Morgan fingerprint density at radius 3 is 2.85 bits per heavy atom. The van der Waals surface area contributed by atoms with Gasteiger partial charge in [-0.15, -0.1) is 0 Å². The Balaban J connectivity index is 1.44. The second-order valence-corrected chi connectivity index (χ2v) is 9.52. The van der Waals surface area contributed by atoms with Gasteiger partial charge in [0.2, 0.25) is 0 Å². The number of carbonyl (C=O) groups excluding carboxylic acids is 2. The number of hydrogen-bond acceptors (Lipinski definition) is 6. The molecule has 2 amide bonds. The van der Waals surface area contributed by atoms with Gasteiger partial charge in [-0.3, -0.25) is 9.89 Å². The third-order valence-corrected chi connectivity index (χ3v) is 7.12. The molecule has 1 aliphatic carbocycles. The molecule has 1 spiro atoms. The number of benzene rings is 1. The van der Waals surface area contributed by atoms with E-state index in [1.165, 1.54) is 0 Å². The Morgan fingerprint density at radius 1 is 1.42 bits per heavy atom. The molecule has 1 aromatic carbocycles. The van der Waals surface area contributed by atoms with Crippen LogP contribution in [0.4, 0.5) is 4.79 Å². The van der Waals surface area contributed by atoms with Crippen molar-refractivity contribution in [3.8, 4) is 6.07 Å². The average molecular weight is 513 g/mol. The zero-order valence-corrected chi connectivity index (χ0v) is 20.0. The van der Waals surface area contributed by atoms with Gasteiger partial charge in [-0.25, -0.2) is 10.2 Å². The lowest BCUT2D eigenvalue weighted by molar-refractivity contribution is 0.0154. The van der Waals surface area contributed by atoms with E-state index in [0.29, 0.717) is 40.2 Å². The third kappa shape index (κ3) is 4.78. The van der Waals surface area contributed by atoms with Crippen molar-refractivity contribution in [2.45, 2.75) is 57.6 Å². The third-order valence-electron chi connectivity index (χ3n) is 6.27. The van der Waals surface area contributed by atoms with E-state index >= 15 is 0 Å². The fourth-order valence-corrected chi connectivity index (χ4v) is 5.21. The van der Waals surface area contributed by atoms with Gasteiger partial charge in [0, 0.05) is 21.8 Å². The molecule has 1 fully saturated rings. The normalized spacial score (nSPS) is 23.2. The minimum absolute atomic E-state index is 0.0151. The Kier molecular flexibility index (Phi) is 6.51. The van der Waals surface area contributed by atoms with Gasteiger partial charge in [0.05, 0.1) is 5.56 Å². The molecule has 1 aromatic heterocycles.